The number of unbranched alkanes of at least 4 members (excludes halogenated alkanes) is 37. The molecule has 1 heterocycles. The second-order valence-corrected chi connectivity index (χ2v) is 22.5. The minimum atomic E-state index is -1.61. The Morgan fingerprint density at radius 1 is 0.513 bits per heavy atom. The molecule has 8 atom stereocenters. The van der Waals surface area contributed by atoms with E-state index >= 15 is 0 Å². The standard InChI is InChI=1S/C65H121NO10/c1-4-7-10-13-16-19-22-25-27-29-31-32-34-37-40-43-46-49-52-58(69)64(73)66-56(57(68)51-48-45-42-39-36-24-21-18-15-12-9-6-3)55-74-65-63(62(72)61(71)59(54-67)75-65)76-60(70)53-50-47-44-41-38-35-33-30-28-26-23-20-17-14-11-8-5-2/h16,19,25,27,48,51,56-59,61-63,65,67-69,71-72H,4-15,17-18,20-24,26,28-47,49-50,52-55H2,1-3H3,(H,66,73)/b19-16-,27-25-,51-48+. The molecule has 0 aliphatic carbocycles. The highest BCUT2D eigenvalue weighted by Gasteiger charge is 2.47. The summed E-state index contributed by atoms with van der Waals surface area (Å²) in [5.74, 6) is -1.19. The van der Waals surface area contributed by atoms with Gasteiger partial charge in [-0.3, -0.25) is 9.59 Å². The molecule has 0 spiro atoms. The van der Waals surface area contributed by atoms with Gasteiger partial charge >= 0.3 is 5.97 Å². The molecule has 0 saturated carbocycles. The maximum Gasteiger partial charge on any atom is 0.306 e. The quantitative estimate of drug-likeness (QED) is 0.0195. The van der Waals surface area contributed by atoms with Crippen LogP contribution < -0.4 is 5.32 Å². The summed E-state index contributed by atoms with van der Waals surface area (Å²) in [5, 5.41) is 57.0. The molecule has 0 aromatic carbocycles. The summed E-state index contributed by atoms with van der Waals surface area (Å²) < 4.78 is 17.6. The number of hydrogen-bond donors (Lipinski definition) is 6. The number of hydrogen-bond acceptors (Lipinski definition) is 10. The number of carbonyl (C=O) groups excluding carboxylic acids is 2. The fourth-order valence-corrected chi connectivity index (χ4v) is 10.2. The Morgan fingerprint density at radius 3 is 1.37 bits per heavy atom. The zero-order valence-corrected chi connectivity index (χ0v) is 49.4. The Labute approximate surface area is 466 Å². The maximum absolute atomic E-state index is 13.4. The third-order valence-electron chi connectivity index (χ3n) is 15.3. The van der Waals surface area contributed by atoms with Gasteiger partial charge in [0.25, 0.3) is 0 Å². The summed E-state index contributed by atoms with van der Waals surface area (Å²) in [6.07, 6.45) is 53.2. The van der Waals surface area contributed by atoms with E-state index < -0.39 is 67.4 Å². The van der Waals surface area contributed by atoms with E-state index in [9.17, 15) is 35.1 Å². The van der Waals surface area contributed by atoms with Crippen LogP contribution in [0.2, 0.25) is 0 Å². The molecule has 11 nitrogen and oxygen atoms in total. The lowest BCUT2D eigenvalue weighted by molar-refractivity contribution is -0.305. The van der Waals surface area contributed by atoms with Crippen molar-refractivity contribution in [3.63, 3.8) is 0 Å². The van der Waals surface area contributed by atoms with Crippen molar-refractivity contribution in [3.8, 4) is 0 Å². The van der Waals surface area contributed by atoms with Gasteiger partial charge in [-0.2, -0.15) is 0 Å². The number of aliphatic hydroxyl groups is 5. The monoisotopic (exact) mass is 1080 g/mol. The van der Waals surface area contributed by atoms with Gasteiger partial charge in [0.1, 0.15) is 24.4 Å². The molecule has 1 saturated heterocycles. The van der Waals surface area contributed by atoms with Gasteiger partial charge in [-0.25, -0.2) is 0 Å². The van der Waals surface area contributed by atoms with Gasteiger partial charge in [0.2, 0.25) is 5.91 Å². The topological polar surface area (TPSA) is 175 Å². The van der Waals surface area contributed by atoms with Crippen molar-refractivity contribution >= 4 is 11.9 Å². The first-order valence-corrected chi connectivity index (χ1v) is 32.3. The summed E-state index contributed by atoms with van der Waals surface area (Å²) >= 11 is 0. The number of carbonyl (C=O) groups is 2. The lowest BCUT2D eigenvalue weighted by Gasteiger charge is -2.41. The Balaban J connectivity index is 2.65. The number of ether oxygens (including phenoxy) is 3. The van der Waals surface area contributed by atoms with Crippen LogP contribution in [0, 0.1) is 0 Å². The maximum atomic E-state index is 13.4. The van der Waals surface area contributed by atoms with Gasteiger partial charge in [0.15, 0.2) is 12.4 Å². The molecule has 0 radical (unpaired) electrons. The van der Waals surface area contributed by atoms with Gasteiger partial charge in [0, 0.05) is 6.42 Å². The minimum Gasteiger partial charge on any atom is -0.454 e. The molecule has 0 bridgehead atoms. The van der Waals surface area contributed by atoms with Crippen molar-refractivity contribution < 1.29 is 49.3 Å². The van der Waals surface area contributed by atoms with E-state index in [1.807, 2.05) is 6.08 Å². The third-order valence-corrected chi connectivity index (χ3v) is 15.3. The van der Waals surface area contributed by atoms with E-state index in [0.29, 0.717) is 12.8 Å². The molecule has 6 N–H and O–H groups in total. The number of allylic oxidation sites excluding steroid dienone is 5. The predicted octanol–water partition coefficient (Wildman–Crippen LogP) is 15.5. The van der Waals surface area contributed by atoms with Crippen LogP contribution in [-0.4, -0.2) is 99.6 Å². The second kappa shape index (κ2) is 53.5. The fraction of sp³-hybridized carbons (Fsp3) is 0.877. The molecule has 0 aromatic rings. The molecular formula is C65H121NO10. The number of amides is 1. The molecule has 1 fully saturated rings. The average molecular weight is 1080 g/mol. The average Bonchev–Trinajstić information content (AvgIpc) is 3.42. The van der Waals surface area contributed by atoms with Gasteiger partial charge in [-0.1, -0.05) is 276 Å². The smallest absolute Gasteiger partial charge is 0.306 e. The van der Waals surface area contributed by atoms with Crippen LogP contribution in [0.15, 0.2) is 36.5 Å². The first-order valence-electron chi connectivity index (χ1n) is 32.3. The first-order chi connectivity index (χ1) is 37.2. The molecule has 0 aromatic heterocycles. The normalized spacial score (nSPS) is 19.3. The zero-order valence-electron chi connectivity index (χ0n) is 49.4. The van der Waals surface area contributed by atoms with Gasteiger partial charge in [-0.05, 0) is 57.8 Å². The summed E-state index contributed by atoms with van der Waals surface area (Å²) in [6, 6.07) is -1.02. The van der Waals surface area contributed by atoms with E-state index in [1.54, 1.807) is 6.08 Å². The largest absolute Gasteiger partial charge is 0.454 e. The molecule has 1 amide bonds. The van der Waals surface area contributed by atoms with Crippen LogP contribution in [0.25, 0.3) is 0 Å². The highest BCUT2D eigenvalue weighted by molar-refractivity contribution is 5.80. The van der Waals surface area contributed by atoms with Crippen molar-refractivity contribution in [2.45, 2.75) is 352 Å². The number of rotatable bonds is 55. The predicted molar refractivity (Wildman–Crippen MR) is 315 cm³/mol. The molecule has 446 valence electrons. The highest BCUT2D eigenvalue weighted by Crippen LogP contribution is 2.26. The van der Waals surface area contributed by atoms with Crippen LogP contribution in [0.5, 0.6) is 0 Å². The zero-order chi connectivity index (χ0) is 55.4. The van der Waals surface area contributed by atoms with Crippen molar-refractivity contribution in [1.82, 2.24) is 5.32 Å². The summed E-state index contributed by atoms with van der Waals surface area (Å²) in [5.41, 5.74) is 0. The Hall–Kier alpha value is -2.12. The summed E-state index contributed by atoms with van der Waals surface area (Å²) in [7, 11) is 0. The van der Waals surface area contributed by atoms with Crippen LogP contribution in [-0.2, 0) is 23.8 Å². The molecule has 1 aliphatic heterocycles. The Bertz CT molecular complexity index is 1380. The molecule has 8 unspecified atom stereocenters. The van der Waals surface area contributed by atoms with E-state index in [1.165, 1.54) is 186 Å². The molecule has 76 heavy (non-hydrogen) atoms. The number of esters is 1. The lowest BCUT2D eigenvalue weighted by atomic mass is 9.99. The second-order valence-electron chi connectivity index (χ2n) is 22.5. The van der Waals surface area contributed by atoms with Crippen LogP contribution in [0.3, 0.4) is 0 Å². The van der Waals surface area contributed by atoms with Gasteiger partial charge < -0.3 is 45.1 Å². The van der Waals surface area contributed by atoms with Crippen molar-refractivity contribution in [1.29, 1.82) is 0 Å². The van der Waals surface area contributed by atoms with Crippen LogP contribution in [0.4, 0.5) is 0 Å². The SMILES string of the molecule is CCCCC/C=C\C/C=C\CCCCCCCCCCC(O)C(=O)NC(COC1OC(CO)C(O)C(O)C1OC(=O)CCCCCCCCCCCCCCCCCCC)C(O)/C=C/CCCCCCCCCCCC. The van der Waals surface area contributed by atoms with Crippen LogP contribution in [0.1, 0.15) is 303 Å². The van der Waals surface area contributed by atoms with E-state index in [2.05, 4.69) is 50.4 Å². The van der Waals surface area contributed by atoms with E-state index in [4.69, 9.17) is 14.2 Å². The number of aliphatic hydroxyl groups excluding tert-OH is 5. The van der Waals surface area contributed by atoms with Crippen molar-refractivity contribution in [2.24, 2.45) is 0 Å². The lowest BCUT2D eigenvalue weighted by Crippen LogP contribution is -2.61. The summed E-state index contributed by atoms with van der Waals surface area (Å²) in [4.78, 5) is 26.6. The van der Waals surface area contributed by atoms with Crippen molar-refractivity contribution in [3.05, 3.63) is 36.5 Å². The highest BCUT2D eigenvalue weighted by atomic mass is 16.7. The van der Waals surface area contributed by atoms with Gasteiger partial charge in [-0.15, -0.1) is 0 Å². The van der Waals surface area contributed by atoms with Crippen LogP contribution >= 0.6 is 0 Å². The van der Waals surface area contributed by atoms with E-state index in [-0.39, 0.29) is 19.4 Å². The van der Waals surface area contributed by atoms with E-state index in [0.717, 1.165) is 70.6 Å². The summed E-state index contributed by atoms with van der Waals surface area (Å²) in [6.45, 7) is 5.79. The first kappa shape index (κ1) is 71.9. The van der Waals surface area contributed by atoms with Crippen molar-refractivity contribution in [2.75, 3.05) is 13.2 Å². The Morgan fingerprint density at radius 2 is 0.908 bits per heavy atom. The Kier molecular flexibility index (Phi) is 50.6. The minimum absolute atomic E-state index is 0.128. The fourth-order valence-electron chi connectivity index (χ4n) is 10.2. The van der Waals surface area contributed by atoms with Gasteiger partial charge in [0.05, 0.1) is 25.4 Å². The third kappa shape index (κ3) is 41.0. The molecule has 1 rings (SSSR count). The molecule has 1 aliphatic rings. The molecular weight excluding hydrogens is 955 g/mol. The molecule has 11 heteroatoms. The number of nitrogens with one attached hydrogen (secondary N) is 1.